The first-order valence-electron chi connectivity index (χ1n) is 5.24. The molecule has 0 saturated heterocycles. The second-order valence-electron chi connectivity index (χ2n) is 4.05. The minimum Gasteiger partial charge on any atom is -0.478 e. The molecule has 0 unspecified atom stereocenters. The number of carbonyl (C=O) groups is 1. The van der Waals surface area contributed by atoms with Crippen LogP contribution in [0, 0.1) is 0 Å². The Labute approximate surface area is 89.3 Å². The van der Waals surface area contributed by atoms with Crippen LogP contribution >= 0.6 is 0 Å². The highest BCUT2D eigenvalue weighted by atomic mass is 16.4. The topological polar surface area (TPSA) is 40.5 Å². The summed E-state index contributed by atoms with van der Waals surface area (Å²) in [7, 11) is 2.07. The summed E-state index contributed by atoms with van der Waals surface area (Å²) in [5.41, 5.74) is 1.45. The van der Waals surface area contributed by atoms with Crippen molar-refractivity contribution in [3.8, 4) is 0 Å². The number of carboxylic acids is 1. The highest BCUT2D eigenvalue weighted by molar-refractivity contribution is 5.88. The SMILES string of the molecule is CN(c1ccc(C(=O)O)cc1)C1CCC1. The van der Waals surface area contributed by atoms with E-state index in [2.05, 4.69) is 11.9 Å². The summed E-state index contributed by atoms with van der Waals surface area (Å²) in [5.74, 6) is -0.868. The Hall–Kier alpha value is -1.51. The third kappa shape index (κ3) is 1.96. The third-order valence-electron chi connectivity index (χ3n) is 3.14. The highest BCUT2D eigenvalue weighted by Crippen LogP contribution is 2.28. The highest BCUT2D eigenvalue weighted by Gasteiger charge is 2.22. The zero-order chi connectivity index (χ0) is 10.8. The van der Waals surface area contributed by atoms with Gasteiger partial charge in [0.05, 0.1) is 5.56 Å². The van der Waals surface area contributed by atoms with Crippen molar-refractivity contribution in [3.05, 3.63) is 29.8 Å². The van der Waals surface area contributed by atoms with Gasteiger partial charge in [-0.05, 0) is 43.5 Å². The van der Waals surface area contributed by atoms with Crippen molar-refractivity contribution < 1.29 is 9.90 Å². The van der Waals surface area contributed by atoms with Crippen LogP contribution in [-0.4, -0.2) is 24.2 Å². The number of anilines is 1. The number of carboxylic acid groups (broad SMARTS) is 1. The molecule has 0 amide bonds. The molecule has 15 heavy (non-hydrogen) atoms. The van der Waals surface area contributed by atoms with E-state index in [0.29, 0.717) is 11.6 Å². The Morgan fingerprint density at radius 3 is 2.33 bits per heavy atom. The molecule has 0 heterocycles. The maximum Gasteiger partial charge on any atom is 0.335 e. The monoisotopic (exact) mass is 205 g/mol. The first-order valence-corrected chi connectivity index (χ1v) is 5.24. The Bertz CT molecular complexity index is 354. The van der Waals surface area contributed by atoms with Gasteiger partial charge in [0.15, 0.2) is 0 Å². The Morgan fingerprint density at radius 1 is 1.33 bits per heavy atom. The lowest BCUT2D eigenvalue weighted by atomic mass is 9.91. The fraction of sp³-hybridized carbons (Fsp3) is 0.417. The van der Waals surface area contributed by atoms with Crippen LogP contribution in [-0.2, 0) is 0 Å². The number of rotatable bonds is 3. The molecule has 3 heteroatoms. The van der Waals surface area contributed by atoms with Crippen LogP contribution in [0.4, 0.5) is 5.69 Å². The molecule has 1 N–H and O–H groups in total. The molecule has 3 nitrogen and oxygen atoms in total. The molecular weight excluding hydrogens is 190 g/mol. The van der Waals surface area contributed by atoms with Gasteiger partial charge >= 0.3 is 5.97 Å². The first-order chi connectivity index (χ1) is 7.18. The van der Waals surface area contributed by atoms with Gasteiger partial charge in [0.2, 0.25) is 0 Å². The van der Waals surface area contributed by atoms with E-state index in [1.54, 1.807) is 12.1 Å². The molecule has 2 rings (SSSR count). The van der Waals surface area contributed by atoms with Gasteiger partial charge in [0.1, 0.15) is 0 Å². The standard InChI is InChI=1S/C12H15NO2/c1-13(10-3-2-4-10)11-7-5-9(6-8-11)12(14)15/h5-8,10H,2-4H2,1H3,(H,14,15). The molecule has 0 radical (unpaired) electrons. The molecule has 0 spiro atoms. The van der Waals surface area contributed by atoms with E-state index in [0.717, 1.165) is 5.69 Å². The van der Waals surface area contributed by atoms with E-state index in [9.17, 15) is 4.79 Å². The third-order valence-corrected chi connectivity index (χ3v) is 3.14. The van der Waals surface area contributed by atoms with Crippen LogP contribution in [0.1, 0.15) is 29.6 Å². The number of benzene rings is 1. The molecular formula is C12H15NO2. The quantitative estimate of drug-likeness (QED) is 0.823. The van der Waals surface area contributed by atoms with Crippen molar-refractivity contribution in [3.63, 3.8) is 0 Å². The molecule has 0 bridgehead atoms. The molecule has 0 atom stereocenters. The summed E-state index contributed by atoms with van der Waals surface area (Å²) in [6.45, 7) is 0. The zero-order valence-electron chi connectivity index (χ0n) is 8.81. The van der Waals surface area contributed by atoms with Crippen molar-refractivity contribution in [2.75, 3.05) is 11.9 Å². The smallest absolute Gasteiger partial charge is 0.335 e. The average Bonchev–Trinajstić information content (AvgIpc) is 2.15. The lowest BCUT2D eigenvalue weighted by Gasteiger charge is -2.36. The normalized spacial score (nSPS) is 15.8. The molecule has 1 aromatic carbocycles. The molecule has 1 fully saturated rings. The van der Waals surface area contributed by atoms with Crippen LogP contribution in [0.25, 0.3) is 0 Å². The second-order valence-corrected chi connectivity index (χ2v) is 4.05. The van der Waals surface area contributed by atoms with Gasteiger partial charge in [0, 0.05) is 18.8 Å². The molecule has 80 valence electrons. The molecule has 0 aromatic heterocycles. The number of nitrogens with zero attached hydrogens (tertiary/aromatic N) is 1. The molecule has 1 aromatic rings. The summed E-state index contributed by atoms with van der Waals surface area (Å²) < 4.78 is 0. The number of hydrogen-bond donors (Lipinski definition) is 1. The Kier molecular flexibility index (Phi) is 2.62. The van der Waals surface area contributed by atoms with Gasteiger partial charge in [-0.1, -0.05) is 0 Å². The van der Waals surface area contributed by atoms with Crippen LogP contribution in [0.2, 0.25) is 0 Å². The Balaban J connectivity index is 2.11. The van der Waals surface area contributed by atoms with Gasteiger partial charge < -0.3 is 10.0 Å². The van der Waals surface area contributed by atoms with Crippen molar-refractivity contribution in [2.45, 2.75) is 25.3 Å². The zero-order valence-corrected chi connectivity index (χ0v) is 8.81. The lowest BCUT2D eigenvalue weighted by molar-refractivity contribution is 0.0697. The Morgan fingerprint density at radius 2 is 1.93 bits per heavy atom. The summed E-state index contributed by atoms with van der Waals surface area (Å²) in [4.78, 5) is 12.9. The lowest BCUT2D eigenvalue weighted by Crippen LogP contribution is -2.37. The summed E-state index contributed by atoms with van der Waals surface area (Å²) in [6.07, 6.45) is 3.80. The largest absolute Gasteiger partial charge is 0.478 e. The first kappa shape index (κ1) is 10.0. The fourth-order valence-electron chi connectivity index (χ4n) is 1.82. The van der Waals surface area contributed by atoms with Crippen LogP contribution in [0.15, 0.2) is 24.3 Å². The molecule has 1 saturated carbocycles. The number of aromatic carboxylic acids is 1. The van der Waals surface area contributed by atoms with Gasteiger partial charge in [-0.15, -0.1) is 0 Å². The van der Waals surface area contributed by atoms with E-state index in [1.165, 1.54) is 19.3 Å². The van der Waals surface area contributed by atoms with Crippen LogP contribution in [0.5, 0.6) is 0 Å². The number of hydrogen-bond acceptors (Lipinski definition) is 2. The van der Waals surface area contributed by atoms with Gasteiger partial charge in [0.25, 0.3) is 0 Å². The summed E-state index contributed by atoms with van der Waals surface area (Å²) in [5, 5.41) is 8.77. The van der Waals surface area contributed by atoms with Crippen molar-refractivity contribution >= 4 is 11.7 Å². The second kappa shape index (κ2) is 3.93. The molecule has 1 aliphatic rings. The van der Waals surface area contributed by atoms with Crippen molar-refractivity contribution in [2.24, 2.45) is 0 Å². The van der Waals surface area contributed by atoms with Crippen molar-refractivity contribution in [1.29, 1.82) is 0 Å². The minimum absolute atomic E-state index is 0.348. The van der Waals surface area contributed by atoms with Gasteiger partial charge in [-0.2, -0.15) is 0 Å². The maximum atomic E-state index is 10.7. The molecule has 0 aliphatic heterocycles. The average molecular weight is 205 g/mol. The van der Waals surface area contributed by atoms with E-state index in [4.69, 9.17) is 5.11 Å². The van der Waals surface area contributed by atoms with E-state index >= 15 is 0 Å². The predicted octanol–water partition coefficient (Wildman–Crippen LogP) is 2.37. The van der Waals surface area contributed by atoms with Crippen molar-refractivity contribution in [1.82, 2.24) is 0 Å². The summed E-state index contributed by atoms with van der Waals surface area (Å²) in [6, 6.07) is 7.71. The van der Waals surface area contributed by atoms with Crippen LogP contribution in [0.3, 0.4) is 0 Å². The predicted molar refractivity (Wildman–Crippen MR) is 59.4 cm³/mol. The summed E-state index contributed by atoms with van der Waals surface area (Å²) >= 11 is 0. The van der Waals surface area contributed by atoms with E-state index in [-0.39, 0.29) is 0 Å². The maximum absolute atomic E-state index is 10.7. The van der Waals surface area contributed by atoms with Gasteiger partial charge in [-0.3, -0.25) is 0 Å². The van der Waals surface area contributed by atoms with E-state index < -0.39 is 5.97 Å². The molecule has 1 aliphatic carbocycles. The van der Waals surface area contributed by atoms with Crippen LogP contribution < -0.4 is 4.90 Å². The van der Waals surface area contributed by atoms with E-state index in [1.807, 2.05) is 12.1 Å². The fourth-order valence-corrected chi connectivity index (χ4v) is 1.82. The van der Waals surface area contributed by atoms with Gasteiger partial charge in [-0.25, -0.2) is 4.79 Å². The minimum atomic E-state index is -0.868.